The standard InChI is InChI=1S/C18H22N2O3/c1-2-3-4-5-6-15-12-20(18(22)23-15)14-8-7-13-9-10-19-17(21)16(13)11-14/h7-11,15H,2-6,12H2,1H3,(H,19,21). The molecule has 1 unspecified atom stereocenters. The van der Waals surface area contributed by atoms with E-state index >= 15 is 0 Å². The Balaban J connectivity index is 1.72. The average Bonchev–Trinajstić information content (AvgIpc) is 2.93. The molecule has 1 aromatic carbocycles. The minimum Gasteiger partial charge on any atom is -0.493 e. The van der Waals surface area contributed by atoms with Crippen molar-refractivity contribution < 1.29 is 14.6 Å². The summed E-state index contributed by atoms with van der Waals surface area (Å²) in [4.78, 5) is 17.6. The lowest BCUT2D eigenvalue weighted by atomic mass is 10.1. The van der Waals surface area contributed by atoms with Crippen molar-refractivity contribution in [3.63, 3.8) is 0 Å². The Morgan fingerprint density at radius 2 is 2.17 bits per heavy atom. The maximum absolute atomic E-state index is 12.1. The molecule has 5 heteroatoms. The zero-order chi connectivity index (χ0) is 16.2. The molecule has 1 amide bonds. The molecule has 122 valence electrons. The number of fused-ring (bicyclic) bond motifs is 1. The summed E-state index contributed by atoms with van der Waals surface area (Å²) >= 11 is 0. The van der Waals surface area contributed by atoms with Crippen LogP contribution < -0.4 is 4.90 Å². The molecular formula is C18H22N2O3. The van der Waals surface area contributed by atoms with Gasteiger partial charge in [-0.15, -0.1) is 0 Å². The number of rotatable bonds is 6. The molecule has 2 aromatic rings. The summed E-state index contributed by atoms with van der Waals surface area (Å²) in [6.07, 6.45) is 6.80. The van der Waals surface area contributed by atoms with Crippen LogP contribution in [0.25, 0.3) is 10.8 Å². The molecule has 1 aliphatic heterocycles. The first kappa shape index (κ1) is 15.6. The quantitative estimate of drug-likeness (QED) is 0.810. The van der Waals surface area contributed by atoms with Crippen LogP contribution in [-0.2, 0) is 4.74 Å². The van der Waals surface area contributed by atoms with Crippen LogP contribution in [0.1, 0.15) is 39.0 Å². The lowest BCUT2D eigenvalue weighted by molar-refractivity contribution is 0.135. The number of aromatic nitrogens is 1. The van der Waals surface area contributed by atoms with E-state index in [1.54, 1.807) is 17.2 Å². The van der Waals surface area contributed by atoms with Crippen molar-refractivity contribution in [3.05, 3.63) is 30.5 Å². The SMILES string of the molecule is CCCCCCC1CN(c2ccc3ccnc(O)c3c2)C(=O)O1. The predicted molar refractivity (Wildman–Crippen MR) is 89.8 cm³/mol. The molecule has 1 N–H and O–H groups in total. The largest absolute Gasteiger partial charge is 0.493 e. The van der Waals surface area contributed by atoms with E-state index < -0.39 is 0 Å². The van der Waals surface area contributed by atoms with Crippen LogP contribution in [0.3, 0.4) is 0 Å². The van der Waals surface area contributed by atoms with E-state index in [0.29, 0.717) is 11.9 Å². The predicted octanol–water partition coefficient (Wildman–Crippen LogP) is 4.24. The number of nitrogens with zero attached hydrogens (tertiary/aromatic N) is 2. The summed E-state index contributed by atoms with van der Waals surface area (Å²) in [5.74, 6) is -0.0203. The van der Waals surface area contributed by atoms with Gasteiger partial charge in [0.1, 0.15) is 6.10 Å². The second-order valence-corrected chi connectivity index (χ2v) is 6.01. The van der Waals surface area contributed by atoms with E-state index in [4.69, 9.17) is 4.74 Å². The molecule has 2 heterocycles. The van der Waals surface area contributed by atoms with Gasteiger partial charge in [-0.1, -0.05) is 32.3 Å². The third-order valence-electron chi connectivity index (χ3n) is 4.29. The fourth-order valence-electron chi connectivity index (χ4n) is 2.99. The average molecular weight is 314 g/mol. The van der Waals surface area contributed by atoms with Crippen LogP contribution in [0.5, 0.6) is 5.88 Å². The first-order chi connectivity index (χ1) is 11.2. The Kier molecular flexibility index (Phi) is 4.65. The Morgan fingerprint density at radius 1 is 1.30 bits per heavy atom. The number of aromatic hydroxyl groups is 1. The Labute approximate surface area is 135 Å². The number of benzene rings is 1. The molecule has 0 saturated carbocycles. The van der Waals surface area contributed by atoms with Gasteiger partial charge >= 0.3 is 6.09 Å². The normalized spacial score (nSPS) is 17.7. The van der Waals surface area contributed by atoms with Crippen molar-refractivity contribution in [2.75, 3.05) is 11.4 Å². The Hall–Kier alpha value is -2.30. The van der Waals surface area contributed by atoms with Gasteiger partial charge in [0, 0.05) is 17.3 Å². The van der Waals surface area contributed by atoms with Crippen molar-refractivity contribution in [3.8, 4) is 5.88 Å². The van der Waals surface area contributed by atoms with E-state index in [9.17, 15) is 9.90 Å². The van der Waals surface area contributed by atoms with E-state index in [1.807, 2.05) is 18.2 Å². The molecule has 1 saturated heterocycles. The van der Waals surface area contributed by atoms with Gasteiger partial charge in [-0.2, -0.15) is 0 Å². The number of carbonyl (C=O) groups excluding carboxylic acids is 1. The zero-order valence-corrected chi connectivity index (χ0v) is 13.4. The minimum absolute atomic E-state index is 0.0203. The molecule has 23 heavy (non-hydrogen) atoms. The first-order valence-electron chi connectivity index (χ1n) is 8.25. The molecule has 1 fully saturated rings. The molecule has 1 aromatic heterocycles. The third kappa shape index (κ3) is 3.38. The lowest BCUT2D eigenvalue weighted by Gasteiger charge is -2.14. The highest BCUT2D eigenvalue weighted by molar-refractivity contribution is 5.95. The third-order valence-corrected chi connectivity index (χ3v) is 4.29. The second-order valence-electron chi connectivity index (χ2n) is 6.01. The summed E-state index contributed by atoms with van der Waals surface area (Å²) in [7, 11) is 0. The summed E-state index contributed by atoms with van der Waals surface area (Å²) in [6, 6.07) is 7.38. The zero-order valence-electron chi connectivity index (χ0n) is 13.4. The van der Waals surface area contributed by atoms with Gasteiger partial charge in [0.25, 0.3) is 0 Å². The van der Waals surface area contributed by atoms with Crippen molar-refractivity contribution in [1.82, 2.24) is 4.98 Å². The minimum atomic E-state index is -0.312. The van der Waals surface area contributed by atoms with E-state index in [1.165, 1.54) is 19.3 Å². The number of cyclic esters (lactones) is 1. The smallest absolute Gasteiger partial charge is 0.414 e. The number of anilines is 1. The molecule has 1 atom stereocenters. The van der Waals surface area contributed by atoms with Gasteiger partial charge in [0.15, 0.2) is 0 Å². The molecule has 0 bridgehead atoms. The summed E-state index contributed by atoms with van der Waals surface area (Å²) in [5, 5.41) is 11.4. The maximum atomic E-state index is 12.1. The van der Waals surface area contributed by atoms with Crippen molar-refractivity contribution in [2.24, 2.45) is 0 Å². The van der Waals surface area contributed by atoms with E-state index in [0.717, 1.165) is 23.9 Å². The fraction of sp³-hybridized carbons (Fsp3) is 0.444. The van der Waals surface area contributed by atoms with Gasteiger partial charge < -0.3 is 9.84 Å². The van der Waals surface area contributed by atoms with Gasteiger partial charge in [0.2, 0.25) is 5.88 Å². The number of carbonyl (C=O) groups is 1. The van der Waals surface area contributed by atoms with E-state index in [-0.39, 0.29) is 18.1 Å². The highest BCUT2D eigenvalue weighted by Crippen LogP contribution is 2.30. The fourth-order valence-corrected chi connectivity index (χ4v) is 2.99. The van der Waals surface area contributed by atoms with Crippen LogP contribution >= 0.6 is 0 Å². The van der Waals surface area contributed by atoms with Crippen LogP contribution in [0, 0.1) is 0 Å². The van der Waals surface area contributed by atoms with Gasteiger partial charge in [-0.05, 0) is 36.4 Å². The topological polar surface area (TPSA) is 62.7 Å². The van der Waals surface area contributed by atoms with Gasteiger partial charge in [-0.25, -0.2) is 9.78 Å². The molecule has 0 spiro atoms. The highest BCUT2D eigenvalue weighted by Gasteiger charge is 2.32. The molecule has 5 nitrogen and oxygen atoms in total. The summed E-state index contributed by atoms with van der Waals surface area (Å²) < 4.78 is 5.46. The van der Waals surface area contributed by atoms with Crippen LogP contribution in [-0.4, -0.2) is 28.8 Å². The molecule has 0 aliphatic carbocycles. The summed E-state index contributed by atoms with van der Waals surface area (Å²) in [6.45, 7) is 2.75. The number of amides is 1. The van der Waals surface area contributed by atoms with Crippen LogP contribution in [0.15, 0.2) is 30.5 Å². The molecular weight excluding hydrogens is 292 g/mol. The number of unbranched alkanes of at least 4 members (excludes halogenated alkanes) is 3. The van der Waals surface area contributed by atoms with Crippen molar-refractivity contribution in [1.29, 1.82) is 0 Å². The van der Waals surface area contributed by atoms with E-state index in [2.05, 4.69) is 11.9 Å². The first-order valence-corrected chi connectivity index (χ1v) is 8.25. The molecule has 0 radical (unpaired) electrons. The Morgan fingerprint density at radius 3 is 3.00 bits per heavy atom. The van der Waals surface area contributed by atoms with Gasteiger partial charge in [0.05, 0.1) is 6.54 Å². The Bertz CT molecular complexity index is 702. The van der Waals surface area contributed by atoms with Crippen LogP contribution in [0.2, 0.25) is 0 Å². The number of pyridine rings is 1. The number of hydrogen-bond donors (Lipinski definition) is 1. The van der Waals surface area contributed by atoms with Crippen LogP contribution in [0.4, 0.5) is 10.5 Å². The highest BCUT2D eigenvalue weighted by atomic mass is 16.6. The molecule has 1 aliphatic rings. The van der Waals surface area contributed by atoms with Crippen molar-refractivity contribution >= 4 is 22.6 Å². The van der Waals surface area contributed by atoms with Gasteiger partial charge in [-0.3, -0.25) is 4.90 Å². The lowest BCUT2D eigenvalue weighted by Crippen LogP contribution is -2.24. The molecule has 3 rings (SSSR count). The number of hydrogen-bond acceptors (Lipinski definition) is 4. The summed E-state index contributed by atoms with van der Waals surface area (Å²) in [5.41, 5.74) is 0.738. The second kappa shape index (κ2) is 6.86. The maximum Gasteiger partial charge on any atom is 0.414 e. The van der Waals surface area contributed by atoms with Crippen molar-refractivity contribution in [2.45, 2.75) is 45.1 Å². The number of ether oxygens (including phenoxy) is 1. The monoisotopic (exact) mass is 314 g/mol.